The fourth-order valence-corrected chi connectivity index (χ4v) is 3.29. The first-order valence-electron chi connectivity index (χ1n) is 6.79. The highest BCUT2D eigenvalue weighted by molar-refractivity contribution is 5.76. The highest BCUT2D eigenvalue weighted by atomic mass is 19.2. The Bertz CT molecular complexity index is 696. The number of hydrogen-bond donors (Lipinski definition) is 2. The van der Waals surface area contributed by atoms with Gasteiger partial charge in [0.25, 0.3) is 0 Å². The van der Waals surface area contributed by atoms with Gasteiger partial charge in [0.05, 0.1) is 5.52 Å². The number of nitrogens with zero attached hydrogens (tertiary/aromatic N) is 1. The van der Waals surface area contributed by atoms with E-state index in [4.69, 9.17) is 0 Å². The second kappa shape index (κ2) is 4.70. The molecule has 0 spiro atoms. The zero-order chi connectivity index (χ0) is 14.4. The topological polar surface area (TPSA) is 49.8 Å². The van der Waals surface area contributed by atoms with Crippen molar-refractivity contribution >= 4 is 11.0 Å². The van der Waals surface area contributed by atoms with Crippen molar-refractivity contribution in [3.8, 4) is 0 Å². The summed E-state index contributed by atoms with van der Waals surface area (Å²) in [4.78, 5) is 14.8. The van der Waals surface area contributed by atoms with E-state index in [1.54, 1.807) is 0 Å². The number of aromatic nitrogens is 2. The van der Waals surface area contributed by atoms with Crippen molar-refractivity contribution in [2.75, 3.05) is 13.1 Å². The Balaban J connectivity index is 2.27. The molecule has 20 heavy (non-hydrogen) atoms. The monoisotopic (exact) mass is 281 g/mol. The maximum absolute atomic E-state index is 14.1. The van der Waals surface area contributed by atoms with Gasteiger partial charge in [-0.3, -0.25) is 4.57 Å². The lowest BCUT2D eigenvalue weighted by atomic mass is 9.86. The van der Waals surface area contributed by atoms with E-state index < -0.39 is 11.6 Å². The molecule has 1 aliphatic heterocycles. The molecule has 0 saturated carbocycles. The second-order valence-corrected chi connectivity index (χ2v) is 5.66. The molecule has 0 aliphatic carbocycles. The van der Waals surface area contributed by atoms with Crippen LogP contribution in [0.1, 0.15) is 19.9 Å². The molecule has 2 aromatic rings. The highest BCUT2D eigenvalue weighted by Crippen LogP contribution is 2.31. The van der Waals surface area contributed by atoms with Crippen LogP contribution in [0.4, 0.5) is 8.78 Å². The number of H-pyrrole nitrogens is 1. The minimum absolute atomic E-state index is 0.0422. The molecule has 1 saturated heterocycles. The number of fused-ring (bicyclic) bond motifs is 1. The Morgan fingerprint density at radius 2 is 1.85 bits per heavy atom. The number of hydrogen-bond acceptors (Lipinski definition) is 2. The van der Waals surface area contributed by atoms with E-state index in [1.807, 2.05) is 13.8 Å². The van der Waals surface area contributed by atoms with Crippen LogP contribution in [0.15, 0.2) is 16.9 Å². The molecule has 0 radical (unpaired) electrons. The van der Waals surface area contributed by atoms with Gasteiger partial charge in [-0.2, -0.15) is 0 Å². The van der Waals surface area contributed by atoms with Crippen LogP contribution in [0.2, 0.25) is 0 Å². The summed E-state index contributed by atoms with van der Waals surface area (Å²) in [6.07, 6.45) is 0. The SMILES string of the molecule is CC1CNCC(C)C1n1c(=O)[nH]c2ccc(F)c(F)c21. The lowest BCUT2D eigenvalue weighted by Gasteiger charge is -2.35. The van der Waals surface area contributed by atoms with E-state index in [1.165, 1.54) is 10.6 Å². The normalized spacial score (nSPS) is 27.1. The Hall–Kier alpha value is -1.69. The van der Waals surface area contributed by atoms with Gasteiger partial charge in [0.2, 0.25) is 0 Å². The number of piperidine rings is 1. The van der Waals surface area contributed by atoms with Gasteiger partial charge in [0, 0.05) is 6.04 Å². The van der Waals surface area contributed by atoms with Crippen molar-refractivity contribution in [2.45, 2.75) is 19.9 Å². The molecule has 0 bridgehead atoms. The van der Waals surface area contributed by atoms with Crippen LogP contribution in [0.25, 0.3) is 11.0 Å². The molecule has 0 amide bonds. The van der Waals surface area contributed by atoms with Gasteiger partial charge in [-0.25, -0.2) is 13.6 Å². The van der Waals surface area contributed by atoms with Crippen molar-refractivity contribution in [3.05, 3.63) is 34.3 Å². The number of imidazole rings is 1. The average Bonchev–Trinajstić information content (AvgIpc) is 2.72. The zero-order valence-corrected chi connectivity index (χ0v) is 11.4. The fraction of sp³-hybridized carbons (Fsp3) is 0.500. The molecule has 6 heteroatoms. The van der Waals surface area contributed by atoms with Gasteiger partial charge in [-0.15, -0.1) is 0 Å². The molecule has 3 rings (SSSR count). The van der Waals surface area contributed by atoms with E-state index in [9.17, 15) is 13.6 Å². The van der Waals surface area contributed by atoms with Gasteiger partial charge < -0.3 is 10.3 Å². The highest BCUT2D eigenvalue weighted by Gasteiger charge is 2.32. The minimum atomic E-state index is -0.959. The third-order valence-electron chi connectivity index (χ3n) is 4.17. The smallest absolute Gasteiger partial charge is 0.316 e. The lowest BCUT2D eigenvalue weighted by molar-refractivity contribution is 0.200. The predicted molar refractivity (Wildman–Crippen MR) is 72.7 cm³/mol. The standard InChI is InChI=1S/C14H17F2N3O/c1-7-5-17-6-8(2)12(7)19-13-10(18-14(19)20)4-3-9(15)11(13)16/h3-4,7-8,12,17H,5-6H2,1-2H3,(H,18,20). The molecule has 2 atom stereocenters. The van der Waals surface area contributed by atoms with E-state index in [0.717, 1.165) is 19.2 Å². The summed E-state index contributed by atoms with van der Waals surface area (Å²) in [6, 6.07) is 2.30. The zero-order valence-electron chi connectivity index (χ0n) is 11.4. The average molecular weight is 281 g/mol. The maximum atomic E-state index is 14.1. The maximum Gasteiger partial charge on any atom is 0.326 e. The molecule has 1 aromatic carbocycles. The summed E-state index contributed by atoms with van der Waals surface area (Å²) in [5, 5.41) is 3.28. The van der Waals surface area contributed by atoms with Crippen LogP contribution in [0.5, 0.6) is 0 Å². The van der Waals surface area contributed by atoms with Crippen LogP contribution in [-0.4, -0.2) is 22.6 Å². The quantitative estimate of drug-likeness (QED) is 0.840. The Morgan fingerprint density at radius 1 is 1.20 bits per heavy atom. The number of aromatic amines is 1. The number of rotatable bonds is 1. The van der Waals surface area contributed by atoms with Crippen LogP contribution < -0.4 is 11.0 Å². The van der Waals surface area contributed by atoms with Gasteiger partial charge in [0.1, 0.15) is 5.52 Å². The molecule has 1 fully saturated rings. The largest absolute Gasteiger partial charge is 0.326 e. The number of benzene rings is 1. The lowest BCUT2D eigenvalue weighted by Crippen LogP contribution is -2.44. The van der Waals surface area contributed by atoms with Crippen LogP contribution in [-0.2, 0) is 0 Å². The first-order chi connectivity index (χ1) is 9.50. The van der Waals surface area contributed by atoms with Crippen molar-refractivity contribution in [3.63, 3.8) is 0 Å². The molecule has 1 aromatic heterocycles. The molecule has 108 valence electrons. The summed E-state index contributed by atoms with van der Waals surface area (Å²) in [5.74, 6) is -1.56. The van der Waals surface area contributed by atoms with E-state index >= 15 is 0 Å². The molecule has 2 N–H and O–H groups in total. The minimum Gasteiger partial charge on any atom is -0.316 e. The predicted octanol–water partition coefficient (Wildman–Crippen LogP) is 2.02. The third kappa shape index (κ3) is 1.86. The first kappa shape index (κ1) is 13.3. The van der Waals surface area contributed by atoms with Gasteiger partial charge in [0.15, 0.2) is 11.6 Å². The van der Waals surface area contributed by atoms with Gasteiger partial charge in [-0.05, 0) is 37.1 Å². The summed E-state index contributed by atoms with van der Waals surface area (Å²) in [5.41, 5.74) is 0.00235. The van der Waals surface area contributed by atoms with Crippen molar-refractivity contribution in [2.24, 2.45) is 11.8 Å². The third-order valence-corrected chi connectivity index (χ3v) is 4.17. The van der Waals surface area contributed by atoms with E-state index in [-0.39, 0.29) is 29.1 Å². The molecule has 1 aliphatic rings. The Labute approximate surface area is 114 Å². The summed E-state index contributed by atoms with van der Waals surface area (Å²) in [6.45, 7) is 5.53. The van der Waals surface area contributed by atoms with Crippen LogP contribution >= 0.6 is 0 Å². The second-order valence-electron chi connectivity index (χ2n) is 5.66. The van der Waals surface area contributed by atoms with Crippen LogP contribution in [0.3, 0.4) is 0 Å². The van der Waals surface area contributed by atoms with E-state index in [0.29, 0.717) is 5.52 Å². The molecular weight excluding hydrogens is 264 g/mol. The molecule has 2 heterocycles. The molecular formula is C14H17F2N3O. The Kier molecular flexibility index (Phi) is 3.12. The first-order valence-corrected chi connectivity index (χ1v) is 6.79. The van der Waals surface area contributed by atoms with Gasteiger partial charge in [-0.1, -0.05) is 13.8 Å². The fourth-order valence-electron chi connectivity index (χ4n) is 3.29. The molecule has 2 unspecified atom stereocenters. The number of halogens is 2. The summed E-state index contributed by atoms with van der Waals surface area (Å²) < 4.78 is 29.0. The summed E-state index contributed by atoms with van der Waals surface area (Å²) >= 11 is 0. The van der Waals surface area contributed by atoms with Crippen molar-refractivity contribution in [1.29, 1.82) is 0 Å². The van der Waals surface area contributed by atoms with Gasteiger partial charge >= 0.3 is 5.69 Å². The number of nitrogens with one attached hydrogen (secondary N) is 2. The molecule has 4 nitrogen and oxygen atoms in total. The van der Waals surface area contributed by atoms with Crippen molar-refractivity contribution in [1.82, 2.24) is 14.9 Å². The van der Waals surface area contributed by atoms with Crippen LogP contribution in [0, 0.1) is 23.5 Å². The van der Waals surface area contributed by atoms with E-state index in [2.05, 4.69) is 10.3 Å². The summed E-state index contributed by atoms with van der Waals surface area (Å²) in [7, 11) is 0. The van der Waals surface area contributed by atoms with Crippen molar-refractivity contribution < 1.29 is 8.78 Å². The Morgan fingerprint density at radius 3 is 2.50 bits per heavy atom.